The molecule has 0 amide bonds. The molecule has 0 aromatic rings. The van der Waals surface area contributed by atoms with Crippen molar-refractivity contribution >= 4 is 18.2 Å². The van der Waals surface area contributed by atoms with E-state index >= 15 is 0 Å². The Labute approximate surface area is 123 Å². The summed E-state index contributed by atoms with van der Waals surface area (Å²) in [4.78, 5) is 25.9. The molecule has 0 aromatic carbocycles. The molecule has 0 aromatic heterocycles. The first kappa shape index (κ1) is 16.9. The van der Waals surface area contributed by atoms with Crippen LogP contribution in [0.4, 0.5) is 0 Å². The molecule has 0 radical (unpaired) electrons. The van der Waals surface area contributed by atoms with Crippen LogP contribution in [0.15, 0.2) is 28.4 Å². The van der Waals surface area contributed by atoms with E-state index in [0.29, 0.717) is 32.4 Å². The molecule has 116 valence electrons. The normalized spacial score (nSPS) is 18.3. The van der Waals surface area contributed by atoms with Crippen molar-refractivity contribution in [2.75, 3.05) is 13.1 Å². The lowest BCUT2D eigenvalue weighted by Crippen LogP contribution is -2.25. The van der Waals surface area contributed by atoms with Crippen LogP contribution in [-0.2, 0) is 9.59 Å². The molecule has 1 unspecified atom stereocenters. The van der Waals surface area contributed by atoms with Gasteiger partial charge in [-0.2, -0.15) is 0 Å². The molecule has 7 heteroatoms. The minimum Gasteiger partial charge on any atom is -0.480 e. The number of aliphatic carboxylic acids is 2. The zero-order valence-electron chi connectivity index (χ0n) is 11.8. The van der Waals surface area contributed by atoms with Crippen molar-refractivity contribution in [1.82, 2.24) is 5.32 Å². The number of carboxylic acid groups (broad SMARTS) is 2. The van der Waals surface area contributed by atoms with Crippen LogP contribution in [0.5, 0.6) is 0 Å². The summed E-state index contributed by atoms with van der Waals surface area (Å²) in [5.41, 5.74) is 6.31. The second kappa shape index (κ2) is 8.91. The van der Waals surface area contributed by atoms with Crippen LogP contribution in [0.25, 0.3) is 0 Å². The molecule has 5 N–H and O–H groups in total. The summed E-state index contributed by atoms with van der Waals surface area (Å²) in [6, 6.07) is -0.780. The largest absolute Gasteiger partial charge is 0.480 e. The monoisotopic (exact) mass is 295 g/mol. The molecule has 1 aliphatic rings. The van der Waals surface area contributed by atoms with E-state index in [-0.39, 0.29) is 5.70 Å². The van der Waals surface area contributed by atoms with Crippen molar-refractivity contribution in [2.45, 2.75) is 31.7 Å². The summed E-state index contributed by atoms with van der Waals surface area (Å²) < 4.78 is 0. The van der Waals surface area contributed by atoms with Crippen LogP contribution in [0.1, 0.15) is 25.7 Å². The van der Waals surface area contributed by atoms with E-state index in [4.69, 9.17) is 15.9 Å². The van der Waals surface area contributed by atoms with E-state index in [1.807, 2.05) is 0 Å². The van der Waals surface area contributed by atoms with Crippen LogP contribution in [0, 0.1) is 0 Å². The molecule has 0 fully saturated rings. The van der Waals surface area contributed by atoms with Gasteiger partial charge in [0.15, 0.2) is 0 Å². The zero-order valence-corrected chi connectivity index (χ0v) is 11.8. The molecule has 1 rings (SSSR count). The molecule has 0 bridgehead atoms. The van der Waals surface area contributed by atoms with Crippen molar-refractivity contribution < 1.29 is 19.8 Å². The summed E-state index contributed by atoms with van der Waals surface area (Å²) in [6.45, 7) is 1.08. The SMILES string of the molecule is NCCCCC(N=CC=C1C=C(C(=O)O)NCC1)C(=O)O. The Balaban J connectivity index is 2.64. The third kappa shape index (κ3) is 6.22. The van der Waals surface area contributed by atoms with E-state index in [1.165, 1.54) is 12.3 Å². The molecule has 0 aliphatic carbocycles. The number of nitrogens with two attached hydrogens (primary N) is 1. The lowest BCUT2D eigenvalue weighted by Gasteiger charge is -2.14. The number of hydrogen-bond donors (Lipinski definition) is 4. The molecule has 7 nitrogen and oxygen atoms in total. The Morgan fingerprint density at radius 3 is 2.81 bits per heavy atom. The van der Waals surface area contributed by atoms with Gasteiger partial charge in [0.05, 0.1) is 0 Å². The van der Waals surface area contributed by atoms with Gasteiger partial charge in [0.2, 0.25) is 0 Å². The van der Waals surface area contributed by atoms with Gasteiger partial charge in [0.1, 0.15) is 11.7 Å². The fourth-order valence-electron chi connectivity index (χ4n) is 1.91. The maximum atomic E-state index is 11.1. The number of aliphatic imine (C=N–C) groups is 1. The summed E-state index contributed by atoms with van der Waals surface area (Å²) in [6.07, 6.45) is 7.24. The van der Waals surface area contributed by atoms with Gasteiger partial charge in [-0.25, -0.2) is 9.59 Å². The van der Waals surface area contributed by atoms with E-state index in [9.17, 15) is 9.59 Å². The topological polar surface area (TPSA) is 125 Å². The number of nitrogens with one attached hydrogen (secondary N) is 1. The predicted octanol–water partition coefficient (Wildman–Crippen LogP) is 0.528. The quantitative estimate of drug-likeness (QED) is 0.382. The van der Waals surface area contributed by atoms with Crippen molar-refractivity contribution in [3.63, 3.8) is 0 Å². The van der Waals surface area contributed by atoms with Gasteiger partial charge in [-0.05, 0) is 50.0 Å². The molecule has 1 atom stereocenters. The Kier molecular flexibility index (Phi) is 7.17. The van der Waals surface area contributed by atoms with Crippen molar-refractivity contribution in [3.8, 4) is 0 Å². The highest BCUT2D eigenvalue weighted by Gasteiger charge is 2.14. The summed E-state index contributed by atoms with van der Waals surface area (Å²) in [5, 5.41) is 20.7. The molecule has 1 aliphatic heterocycles. The average molecular weight is 295 g/mol. The summed E-state index contributed by atoms with van der Waals surface area (Å²) >= 11 is 0. The number of carbonyl (C=O) groups is 2. The van der Waals surface area contributed by atoms with E-state index in [2.05, 4.69) is 10.3 Å². The van der Waals surface area contributed by atoms with Crippen LogP contribution >= 0.6 is 0 Å². The highest BCUT2D eigenvalue weighted by Crippen LogP contribution is 2.11. The second-order valence-electron chi connectivity index (χ2n) is 4.72. The molecule has 1 heterocycles. The molecule has 21 heavy (non-hydrogen) atoms. The van der Waals surface area contributed by atoms with Gasteiger partial charge >= 0.3 is 11.9 Å². The average Bonchev–Trinajstić information content (AvgIpc) is 2.46. The van der Waals surface area contributed by atoms with Gasteiger partial charge in [-0.3, -0.25) is 4.99 Å². The van der Waals surface area contributed by atoms with E-state index < -0.39 is 18.0 Å². The van der Waals surface area contributed by atoms with Crippen LogP contribution in [-0.4, -0.2) is 47.5 Å². The molecule has 0 spiro atoms. The van der Waals surface area contributed by atoms with Crippen molar-refractivity contribution in [3.05, 3.63) is 23.4 Å². The summed E-state index contributed by atoms with van der Waals surface area (Å²) in [5.74, 6) is -1.98. The maximum absolute atomic E-state index is 11.1. The maximum Gasteiger partial charge on any atom is 0.351 e. The van der Waals surface area contributed by atoms with E-state index in [1.54, 1.807) is 6.08 Å². The van der Waals surface area contributed by atoms with Gasteiger partial charge in [0.25, 0.3) is 0 Å². The fourth-order valence-corrected chi connectivity index (χ4v) is 1.91. The standard InChI is InChI=1S/C14H21N3O4/c15-6-2-1-3-11(13(18)19)16-7-4-10-5-8-17-12(9-10)14(20)21/h4,7,9,11,17H,1-3,5-6,8,15H2,(H,18,19)(H,20,21). The molecule has 0 saturated heterocycles. The minimum absolute atomic E-state index is 0.138. The Morgan fingerprint density at radius 1 is 1.43 bits per heavy atom. The third-order valence-electron chi connectivity index (χ3n) is 3.06. The Morgan fingerprint density at radius 2 is 2.19 bits per heavy atom. The summed E-state index contributed by atoms with van der Waals surface area (Å²) in [7, 11) is 0. The lowest BCUT2D eigenvalue weighted by atomic mass is 10.1. The smallest absolute Gasteiger partial charge is 0.351 e. The fraction of sp³-hybridized carbons (Fsp3) is 0.500. The van der Waals surface area contributed by atoms with Crippen molar-refractivity contribution in [2.24, 2.45) is 10.7 Å². The second-order valence-corrected chi connectivity index (χ2v) is 4.72. The number of hydrogen-bond acceptors (Lipinski definition) is 5. The minimum atomic E-state index is -1.01. The number of unbranched alkanes of at least 4 members (excludes halogenated alkanes) is 1. The first-order chi connectivity index (χ1) is 10.0. The van der Waals surface area contributed by atoms with Crippen molar-refractivity contribution in [1.29, 1.82) is 0 Å². The van der Waals surface area contributed by atoms with Crippen LogP contribution < -0.4 is 11.1 Å². The number of rotatable bonds is 8. The highest BCUT2D eigenvalue weighted by atomic mass is 16.4. The van der Waals surface area contributed by atoms with Crippen LogP contribution in [0.3, 0.4) is 0 Å². The number of allylic oxidation sites excluding steroid dienone is 2. The molecule has 0 saturated carbocycles. The van der Waals surface area contributed by atoms with Gasteiger partial charge in [-0.1, -0.05) is 0 Å². The van der Waals surface area contributed by atoms with Gasteiger partial charge < -0.3 is 21.3 Å². The predicted molar refractivity (Wildman–Crippen MR) is 79.2 cm³/mol. The lowest BCUT2D eigenvalue weighted by molar-refractivity contribution is -0.138. The first-order valence-electron chi connectivity index (χ1n) is 6.88. The Hall–Kier alpha value is -2.15. The number of nitrogens with zero attached hydrogens (tertiary/aromatic N) is 1. The highest BCUT2D eigenvalue weighted by molar-refractivity contribution is 5.87. The van der Waals surface area contributed by atoms with Gasteiger partial charge in [-0.15, -0.1) is 0 Å². The first-order valence-corrected chi connectivity index (χ1v) is 6.88. The molecular formula is C14H21N3O4. The Bertz CT molecular complexity index is 469. The third-order valence-corrected chi connectivity index (χ3v) is 3.06. The van der Waals surface area contributed by atoms with E-state index in [0.717, 1.165) is 12.0 Å². The van der Waals surface area contributed by atoms with Gasteiger partial charge in [0, 0.05) is 12.8 Å². The zero-order chi connectivity index (χ0) is 15.7. The molecular weight excluding hydrogens is 274 g/mol. The van der Waals surface area contributed by atoms with Crippen LogP contribution in [0.2, 0.25) is 0 Å². The number of carboxylic acids is 2.